The van der Waals surface area contributed by atoms with E-state index in [-0.39, 0.29) is 11.7 Å². The highest BCUT2D eigenvalue weighted by Crippen LogP contribution is 2.39. The van der Waals surface area contributed by atoms with Gasteiger partial charge in [-0.15, -0.1) is 0 Å². The Morgan fingerprint density at radius 2 is 1.84 bits per heavy atom. The molecule has 3 aromatic carbocycles. The fourth-order valence-corrected chi connectivity index (χ4v) is 4.33. The van der Waals surface area contributed by atoms with Gasteiger partial charge in [-0.25, -0.2) is 5.01 Å². The van der Waals surface area contributed by atoms with Crippen LogP contribution in [0.25, 0.3) is 10.8 Å². The molecule has 0 aliphatic carbocycles. The smallest absolute Gasteiger partial charge is 0.276 e. The Balaban J connectivity index is 1.65. The Kier molecular flexibility index (Phi) is 5.14. The summed E-state index contributed by atoms with van der Waals surface area (Å²) in [5.74, 6) is -0.815. The fraction of sp³-hybridized carbons (Fsp3) is 0.0417. The SMILES string of the molecule is O=C(NN1C(=O)c2cc(I)ccc2NC1c1c(O)ccc2ccccc12)c1ccncc1. The molecular weight excluding hydrogens is 519 g/mol. The molecule has 1 aliphatic rings. The maximum atomic E-state index is 13.5. The molecule has 2 amide bonds. The maximum Gasteiger partial charge on any atom is 0.276 e. The third-order valence-corrected chi connectivity index (χ3v) is 6.04. The number of hydrogen-bond donors (Lipinski definition) is 3. The lowest BCUT2D eigenvalue weighted by Crippen LogP contribution is -2.53. The summed E-state index contributed by atoms with van der Waals surface area (Å²) >= 11 is 2.14. The molecule has 1 atom stereocenters. The van der Waals surface area contributed by atoms with Crippen molar-refractivity contribution in [2.24, 2.45) is 0 Å². The number of hydrazine groups is 1. The molecule has 0 bridgehead atoms. The molecular formula is C24H17IN4O3. The Morgan fingerprint density at radius 3 is 2.66 bits per heavy atom. The zero-order chi connectivity index (χ0) is 22.2. The topological polar surface area (TPSA) is 94.6 Å². The number of fused-ring (bicyclic) bond motifs is 2. The van der Waals surface area contributed by atoms with E-state index >= 15 is 0 Å². The second-order valence-electron chi connectivity index (χ2n) is 7.31. The second kappa shape index (κ2) is 8.12. The molecule has 5 rings (SSSR count). The van der Waals surface area contributed by atoms with Crippen LogP contribution < -0.4 is 10.7 Å². The molecule has 0 radical (unpaired) electrons. The molecule has 2 heterocycles. The third kappa shape index (κ3) is 3.52. The van der Waals surface area contributed by atoms with Crippen LogP contribution in [0.3, 0.4) is 0 Å². The molecule has 0 saturated heterocycles. The Hall–Kier alpha value is -3.66. The second-order valence-corrected chi connectivity index (χ2v) is 8.55. The van der Waals surface area contributed by atoms with Crippen molar-refractivity contribution in [1.82, 2.24) is 15.4 Å². The van der Waals surface area contributed by atoms with Gasteiger partial charge >= 0.3 is 0 Å². The molecule has 0 fully saturated rings. The first-order valence-corrected chi connectivity index (χ1v) is 10.9. The Labute approximate surface area is 197 Å². The number of anilines is 1. The van der Waals surface area contributed by atoms with Crippen molar-refractivity contribution in [3.63, 3.8) is 0 Å². The van der Waals surface area contributed by atoms with E-state index in [1.54, 1.807) is 24.3 Å². The van der Waals surface area contributed by atoms with Gasteiger partial charge in [-0.3, -0.25) is 20.0 Å². The van der Waals surface area contributed by atoms with Crippen molar-refractivity contribution in [3.8, 4) is 5.75 Å². The number of phenolic OH excluding ortho intramolecular Hbond substituents is 1. The normalized spacial score (nSPS) is 15.2. The van der Waals surface area contributed by atoms with Gasteiger partial charge in [0.15, 0.2) is 6.17 Å². The molecule has 0 spiro atoms. The van der Waals surface area contributed by atoms with Crippen molar-refractivity contribution in [1.29, 1.82) is 0 Å². The van der Waals surface area contributed by atoms with E-state index < -0.39 is 12.1 Å². The lowest BCUT2D eigenvalue weighted by Gasteiger charge is -2.38. The van der Waals surface area contributed by atoms with Crippen LogP contribution in [0.1, 0.15) is 32.4 Å². The molecule has 32 heavy (non-hydrogen) atoms. The number of nitrogens with one attached hydrogen (secondary N) is 2. The molecule has 7 nitrogen and oxygen atoms in total. The highest BCUT2D eigenvalue weighted by atomic mass is 127. The van der Waals surface area contributed by atoms with E-state index in [0.717, 1.165) is 14.3 Å². The summed E-state index contributed by atoms with van der Waals surface area (Å²) in [5.41, 5.74) is 4.65. The summed E-state index contributed by atoms with van der Waals surface area (Å²) in [5, 5.41) is 17.1. The third-order valence-electron chi connectivity index (χ3n) is 5.37. The highest BCUT2D eigenvalue weighted by Gasteiger charge is 2.37. The number of carbonyl (C=O) groups excluding carboxylic acids is 2. The highest BCUT2D eigenvalue weighted by molar-refractivity contribution is 14.1. The van der Waals surface area contributed by atoms with Gasteiger partial charge in [-0.2, -0.15) is 0 Å². The van der Waals surface area contributed by atoms with Crippen LogP contribution in [0.15, 0.2) is 79.1 Å². The quantitative estimate of drug-likeness (QED) is 0.337. The Bertz CT molecular complexity index is 1360. The van der Waals surface area contributed by atoms with Gasteiger partial charge in [0, 0.05) is 32.8 Å². The molecule has 1 aromatic heterocycles. The average Bonchev–Trinajstić information content (AvgIpc) is 2.82. The zero-order valence-corrected chi connectivity index (χ0v) is 18.8. The van der Waals surface area contributed by atoms with Crippen molar-refractivity contribution >= 4 is 50.9 Å². The standard InChI is InChI=1S/C24H17IN4O3/c25-16-6-7-19-18(13-16)24(32)29(28-23(31)15-9-11-26-12-10-15)22(27-19)21-17-4-2-1-3-14(17)5-8-20(21)30/h1-13,22,27,30H,(H,28,31). The van der Waals surface area contributed by atoms with Crippen molar-refractivity contribution < 1.29 is 14.7 Å². The lowest BCUT2D eigenvalue weighted by molar-refractivity contribution is 0.0490. The summed E-state index contributed by atoms with van der Waals surface area (Å²) in [4.78, 5) is 30.4. The monoisotopic (exact) mass is 536 g/mol. The van der Waals surface area contributed by atoms with Crippen molar-refractivity contribution in [2.45, 2.75) is 6.17 Å². The predicted molar refractivity (Wildman–Crippen MR) is 129 cm³/mol. The average molecular weight is 536 g/mol. The summed E-state index contributed by atoms with van der Waals surface area (Å²) in [6.45, 7) is 0. The fourth-order valence-electron chi connectivity index (χ4n) is 3.84. The van der Waals surface area contributed by atoms with Gasteiger partial charge in [0.05, 0.1) is 5.56 Å². The van der Waals surface area contributed by atoms with Crippen LogP contribution >= 0.6 is 22.6 Å². The first-order valence-electron chi connectivity index (χ1n) is 9.84. The van der Waals surface area contributed by atoms with Gasteiger partial charge in [0.25, 0.3) is 11.8 Å². The molecule has 4 aromatic rings. The lowest BCUT2D eigenvalue weighted by atomic mass is 9.98. The van der Waals surface area contributed by atoms with Crippen LogP contribution in [-0.4, -0.2) is 26.9 Å². The van der Waals surface area contributed by atoms with E-state index in [1.807, 2.05) is 42.5 Å². The Morgan fingerprint density at radius 1 is 1.06 bits per heavy atom. The van der Waals surface area contributed by atoms with Crippen LogP contribution in [0.5, 0.6) is 5.75 Å². The summed E-state index contributed by atoms with van der Waals surface area (Å²) < 4.78 is 0.892. The summed E-state index contributed by atoms with van der Waals surface area (Å²) in [6, 6.07) is 19.6. The number of phenols is 1. The van der Waals surface area contributed by atoms with Crippen LogP contribution in [0.4, 0.5) is 5.69 Å². The number of carbonyl (C=O) groups is 2. The number of aromatic nitrogens is 1. The molecule has 1 aliphatic heterocycles. The number of nitrogens with zero attached hydrogens (tertiary/aromatic N) is 2. The van der Waals surface area contributed by atoms with Crippen LogP contribution in [0, 0.1) is 3.57 Å². The van der Waals surface area contributed by atoms with Gasteiger partial charge in [0.1, 0.15) is 5.75 Å². The van der Waals surface area contributed by atoms with Crippen molar-refractivity contribution in [2.75, 3.05) is 5.32 Å². The summed E-state index contributed by atoms with van der Waals surface area (Å²) in [6.07, 6.45) is 2.19. The van der Waals surface area contributed by atoms with Crippen LogP contribution in [-0.2, 0) is 0 Å². The minimum atomic E-state index is -0.827. The maximum absolute atomic E-state index is 13.5. The first-order chi connectivity index (χ1) is 15.5. The minimum absolute atomic E-state index is 0.0196. The van der Waals surface area contributed by atoms with Gasteiger partial charge in [-0.1, -0.05) is 30.3 Å². The van der Waals surface area contributed by atoms with E-state index in [9.17, 15) is 14.7 Å². The van der Waals surface area contributed by atoms with Gasteiger partial charge in [0.2, 0.25) is 0 Å². The van der Waals surface area contributed by atoms with Gasteiger partial charge in [-0.05, 0) is 69.8 Å². The largest absolute Gasteiger partial charge is 0.507 e. The van der Waals surface area contributed by atoms with E-state index in [1.165, 1.54) is 17.4 Å². The first kappa shape index (κ1) is 20.3. The zero-order valence-electron chi connectivity index (χ0n) is 16.6. The molecule has 1 unspecified atom stereocenters. The van der Waals surface area contributed by atoms with E-state index in [4.69, 9.17) is 0 Å². The summed E-state index contributed by atoms with van der Waals surface area (Å²) in [7, 11) is 0. The molecule has 158 valence electrons. The predicted octanol–water partition coefficient (Wildman–Crippen LogP) is 4.46. The van der Waals surface area contributed by atoms with E-state index in [0.29, 0.717) is 22.4 Å². The number of pyridine rings is 1. The number of hydrogen-bond acceptors (Lipinski definition) is 5. The molecule has 3 N–H and O–H groups in total. The molecule has 0 saturated carbocycles. The van der Waals surface area contributed by atoms with E-state index in [2.05, 4.69) is 38.3 Å². The van der Waals surface area contributed by atoms with Gasteiger partial charge < -0.3 is 10.4 Å². The number of benzene rings is 3. The molecule has 8 heteroatoms. The number of rotatable bonds is 3. The van der Waals surface area contributed by atoms with Crippen LogP contribution in [0.2, 0.25) is 0 Å². The number of amides is 2. The number of halogens is 1. The minimum Gasteiger partial charge on any atom is -0.507 e. The van der Waals surface area contributed by atoms with Crippen molar-refractivity contribution in [3.05, 3.63) is 99.4 Å². The number of aromatic hydroxyl groups is 1.